The van der Waals surface area contributed by atoms with Gasteiger partial charge in [-0.05, 0) is 12.5 Å². The minimum atomic E-state index is 0.533. The van der Waals surface area contributed by atoms with Gasteiger partial charge in [0, 0.05) is 11.9 Å². The molecule has 0 aliphatic heterocycles. The normalized spacial score (nSPS) is 9.88. The summed E-state index contributed by atoms with van der Waals surface area (Å²) in [5, 5.41) is 9.66. The van der Waals surface area contributed by atoms with Crippen LogP contribution >= 0.6 is 11.8 Å². The Kier molecular flexibility index (Phi) is 3.73. The van der Waals surface area contributed by atoms with Gasteiger partial charge < -0.3 is 0 Å². The van der Waals surface area contributed by atoms with Crippen LogP contribution in [-0.4, -0.2) is 9.97 Å². The van der Waals surface area contributed by atoms with E-state index in [1.165, 1.54) is 17.5 Å². The van der Waals surface area contributed by atoms with Crippen LogP contribution in [0.4, 0.5) is 0 Å². The number of nitrogens with zero attached hydrogens (tertiary/aromatic N) is 3. The zero-order valence-electron chi connectivity index (χ0n) is 9.42. The fourth-order valence-electron chi connectivity index (χ4n) is 1.46. The highest BCUT2D eigenvalue weighted by Gasteiger charge is 2.04. The van der Waals surface area contributed by atoms with Crippen LogP contribution in [0.25, 0.3) is 0 Å². The van der Waals surface area contributed by atoms with Crippen molar-refractivity contribution in [3.05, 3.63) is 53.5 Å². The topological polar surface area (TPSA) is 49.6 Å². The van der Waals surface area contributed by atoms with Gasteiger partial charge in [0.15, 0.2) is 0 Å². The molecule has 0 radical (unpaired) electrons. The van der Waals surface area contributed by atoms with Crippen LogP contribution in [-0.2, 0) is 5.75 Å². The quantitative estimate of drug-likeness (QED) is 0.612. The third-order valence-corrected chi connectivity index (χ3v) is 3.33. The molecule has 0 aliphatic rings. The van der Waals surface area contributed by atoms with Crippen molar-refractivity contribution in [2.24, 2.45) is 0 Å². The van der Waals surface area contributed by atoms with E-state index >= 15 is 0 Å². The Morgan fingerprint density at radius 2 is 2.29 bits per heavy atom. The van der Waals surface area contributed by atoms with Crippen LogP contribution in [0.3, 0.4) is 0 Å². The van der Waals surface area contributed by atoms with Crippen molar-refractivity contribution in [1.29, 1.82) is 5.26 Å². The summed E-state index contributed by atoms with van der Waals surface area (Å²) in [6.45, 7) is 2.07. The zero-order valence-corrected chi connectivity index (χ0v) is 10.2. The van der Waals surface area contributed by atoms with Crippen LogP contribution in [0.5, 0.6) is 0 Å². The maximum absolute atomic E-state index is 8.92. The summed E-state index contributed by atoms with van der Waals surface area (Å²) in [4.78, 5) is 7.95. The number of rotatable bonds is 3. The first-order valence-corrected chi connectivity index (χ1v) is 6.16. The summed E-state index contributed by atoms with van der Waals surface area (Å²) >= 11 is 1.56. The lowest BCUT2D eigenvalue weighted by atomic mass is 10.2. The van der Waals surface area contributed by atoms with Crippen LogP contribution in [0.15, 0.2) is 41.8 Å². The van der Waals surface area contributed by atoms with E-state index in [1.54, 1.807) is 18.0 Å². The molecule has 4 heteroatoms. The fourth-order valence-corrected chi connectivity index (χ4v) is 2.32. The molecule has 0 amide bonds. The Balaban J connectivity index is 2.10. The molecular formula is C13H11N3S. The van der Waals surface area contributed by atoms with Gasteiger partial charge in [0.05, 0.1) is 0 Å². The predicted octanol–water partition coefficient (Wildman–Crippen LogP) is 2.95. The number of aryl methyl sites for hydroxylation is 1. The van der Waals surface area contributed by atoms with Gasteiger partial charge in [0.25, 0.3) is 0 Å². The number of nitriles is 1. The molecule has 1 heterocycles. The summed E-state index contributed by atoms with van der Waals surface area (Å²) in [6, 6.07) is 10.4. The summed E-state index contributed by atoms with van der Waals surface area (Å²) in [7, 11) is 0. The molecule has 2 rings (SSSR count). The van der Waals surface area contributed by atoms with E-state index < -0.39 is 0 Å². The molecule has 0 atom stereocenters. The van der Waals surface area contributed by atoms with Crippen LogP contribution in [0, 0.1) is 18.3 Å². The molecule has 0 saturated carbocycles. The number of aromatic nitrogens is 2. The first-order valence-electron chi connectivity index (χ1n) is 5.18. The Bertz CT molecular complexity index is 561. The van der Waals surface area contributed by atoms with Crippen molar-refractivity contribution >= 4 is 11.8 Å². The van der Waals surface area contributed by atoms with E-state index in [-0.39, 0.29) is 0 Å². The van der Waals surface area contributed by atoms with Gasteiger partial charge in [-0.2, -0.15) is 5.26 Å². The first kappa shape index (κ1) is 11.6. The van der Waals surface area contributed by atoms with Crippen LogP contribution in [0.1, 0.15) is 16.7 Å². The monoisotopic (exact) mass is 241 g/mol. The van der Waals surface area contributed by atoms with E-state index in [0.29, 0.717) is 5.56 Å². The zero-order chi connectivity index (χ0) is 12.1. The summed E-state index contributed by atoms with van der Waals surface area (Å²) in [5.41, 5.74) is 3.01. The van der Waals surface area contributed by atoms with Gasteiger partial charge in [0.1, 0.15) is 23.0 Å². The average molecular weight is 241 g/mol. The molecule has 3 nitrogen and oxygen atoms in total. The lowest BCUT2D eigenvalue weighted by Crippen LogP contribution is -1.89. The van der Waals surface area contributed by atoms with Gasteiger partial charge in [0.2, 0.25) is 0 Å². The van der Waals surface area contributed by atoms with Crippen molar-refractivity contribution in [3.8, 4) is 6.07 Å². The van der Waals surface area contributed by atoms with Gasteiger partial charge in [-0.15, -0.1) is 11.8 Å². The van der Waals surface area contributed by atoms with E-state index in [0.717, 1.165) is 10.8 Å². The number of benzene rings is 1. The summed E-state index contributed by atoms with van der Waals surface area (Å²) < 4.78 is 0. The molecule has 2 aromatic rings. The van der Waals surface area contributed by atoms with E-state index in [4.69, 9.17) is 5.26 Å². The lowest BCUT2D eigenvalue weighted by Gasteiger charge is -2.03. The van der Waals surface area contributed by atoms with Gasteiger partial charge in [-0.1, -0.05) is 29.8 Å². The molecule has 1 aromatic heterocycles. The smallest absolute Gasteiger partial charge is 0.118 e. The first-order chi connectivity index (χ1) is 8.29. The van der Waals surface area contributed by atoms with E-state index in [9.17, 15) is 0 Å². The fraction of sp³-hybridized carbons (Fsp3) is 0.154. The molecule has 0 bridgehead atoms. The van der Waals surface area contributed by atoms with Crippen molar-refractivity contribution in [2.45, 2.75) is 17.7 Å². The molecule has 1 aromatic carbocycles. The lowest BCUT2D eigenvalue weighted by molar-refractivity contribution is 1.03. The molecule has 0 aliphatic carbocycles. The maximum Gasteiger partial charge on any atom is 0.118 e. The molecular weight excluding hydrogens is 230 g/mol. The number of hydrogen-bond donors (Lipinski definition) is 0. The molecule has 84 valence electrons. The molecule has 0 spiro atoms. The second-order valence-electron chi connectivity index (χ2n) is 3.63. The van der Waals surface area contributed by atoms with Crippen molar-refractivity contribution in [1.82, 2.24) is 9.97 Å². The van der Waals surface area contributed by atoms with Gasteiger partial charge in [-0.3, -0.25) is 0 Å². The summed E-state index contributed by atoms with van der Waals surface area (Å²) in [5.74, 6) is 0.813. The molecule has 0 N–H and O–H groups in total. The van der Waals surface area contributed by atoms with Crippen molar-refractivity contribution < 1.29 is 0 Å². The SMILES string of the molecule is Cc1cccc(CSc2ncncc2C#N)c1. The van der Waals surface area contributed by atoms with Gasteiger partial charge in [-0.25, -0.2) is 9.97 Å². The maximum atomic E-state index is 8.92. The van der Waals surface area contributed by atoms with Crippen LogP contribution in [0.2, 0.25) is 0 Å². The average Bonchev–Trinajstić information content (AvgIpc) is 2.37. The highest BCUT2D eigenvalue weighted by molar-refractivity contribution is 7.98. The standard InChI is InChI=1S/C13H11N3S/c1-10-3-2-4-11(5-10)8-17-13-12(6-14)7-15-9-16-13/h2-5,7,9H,8H2,1H3. The second-order valence-corrected chi connectivity index (χ2v) is 4.60. The number of thioether (sulfide) groups is 1. The molecule has 0 unspecified atom stereocenters. The van der Waals surface area contributed by atoms with Crippen molar-refractivity contribution in [3.63, 3.8) is 0 Å². The molecule has 0 fully saturated rings. The third kappa shape index (κ3) is 3.05. The van der Waals surface area contributed by atoms with E-state index in [1.807, 2.05) is 6.07 Å². The Morgan fingerprint density at radius 1 is 1.41 bits per heavy atom. The van der Waals surface area contributed by atoms with Gasteiger partial charge >= 0.3 is 0 Å². The Hall–Kier alpha value is -1.86. The molecule has 0 saturated heterocycles. The third-order valence-electron chi connectivity index (χ3n) is 2.25. The summed E-state index contributed by atoms with van der Waals surface area (Å²) in [6.07, 6.45) is 3.02. The second kappa shape index (κ2) is 5.46. The number of hydrogen-bond acceptors (Lipinski definition) is 4. The highest BCUT2D eigenvalue weighted by atomic mass is 32.2. The minimum absolute atomic E-state index is 0.533. The van der Waals surface area contributed by atoms with E-state index in [2.05, 4.69) is 41.2 Å². The largest absolute Gasteiger partial charge is 0.243 e. The van der Waals surface area contributed by atoms with Crippen LogP contribution < -0.4 is 0 Å². The van der Waals surface area contributed by atoms with Crippen molar-refractivity contribution in [2.75, 3.05) is 0 Å². The Morgan fingerprint density at radius 3 is 3.06 bits per heavy atom. The molecule has 17 heavy (non-hydrogen) atoms. The minimum Gasteiger partial charge on any atom is -0.243 e. The highest BCUT2D eigenvalue weighted by Crippen LogP contribution is 2.23. The predicted molar refractivity (Wildman–Crippen MR) is 67.5 cm³/mol. The Labute approximate surface area is 105 Å².